The minimum absolute atomic E-state index is 0.289. The van der Waals surface area contributed by atoms with Crippen molar-refractivity contribution >= 4 is 0 Å². The van der Waals surface area contributed by atoms with Gasteiger partial charge in [0.05, 0.1) is 6.61 Å². The van der Waals surface area contributed by atoms with Crippen molar-refractivity contribution in [3.8, 4) is 5.75 Å². The number of aromatic nitrogens is 3. The number of rotatable bonds is 6. The van der Waals surface area contributed by atoms with Gasteiger partial charge in [0.15, 0.2) is 11.6 Å². The smallest absolute Gasteiger partial charge is 0.165 e. The minimum atomic E-state index is -0.289. The third kappa shape index (κ3) is 4.04. The molecular weight excluding hydrogens is 283 g/mol. The molecule has 1 aliphatic rings. The zero-order valence-electron chi connectivity index (χ0n) is 12.6. The molecule has 3 rings (SSSR count). The monoisotopic (exact) mass is 304 g/mol. The fourth-order valence-corrected chi connectivity index (χ4v) is 2.85. The summed E-state index contributed by atoms with van der Waals surface area (Å²) in [7, 11) is 0. The number of benzene rings is 1. The van der Waals surface area contributed by atoms with Gasteiger partial charge in [-0.1, -0.05) is 12.1 Å². The van der Waals surface area contributed by atoms with Crippen LogP contribution in [-0.4, -0.2) is 45.9 Å². The number of likely N-dealkylation sites (tertiary alicyclic amines) is 1. The van der Waals surface area contributed by atoms with Gasteiger partial charge in [-0.25, -0.2) is 4.39 Å². The van der Waals surface area contributed by atoms with Crippen LogP contribution in [0, 0.1) is 11.7 Å². The van der Waals surface area contributed by atoms with Crippen LogP contribution in [0.2, 0.25) is 0 Å². The first kappa shape index (κ1) is 15.0. The van der Waals surface area contributed by atoms with E-state index in [1.54, 1.807) is 30.9 Å². The lowest BCUT2D eigenvalue weighted by atomic mass is 9.99. The van der Waals surface area contributed by atoms with E-state index in [9.17, 15) is 4.39 Å². The van der Waals surface area contributed by atoms with Crippen molar-refractivity contribution in [1.29, 1.82) is 0 Å². The van der Waals surface area contributed by atoms with Gasteiger partial charge in [0.2, 0.25) is 0 Å². The summed E-state index contributed by atoms with van der Waals surface area (Å²) in [5, 5.41) is 7.62. The lowest BCUT2D eigenvalue weighted by molar-refractivity contribution is 0.125. The molecule has 6 heteroatoms. The van der Waals surface area contributed by atoms with Crippen LogP contribution in [0.25, 0.3) is 0 Å². The zero-order valence-corrected chi connectivity index (χ0v) is 12.6. The average molecular weight is 304 g/mol. The molecule has 0 N–H and O–H groups in total. The predicted molar refractivity (Wildman–Crippen MR) is 81.1 cm³/mol. The summed E-state index contributed by atoms with van der Waals surface area (Å²) in [4.78, 5) is 2.43. The Bertz CT molecular complexity index is 575. The molecule has 0 radical (unpaired) electrons. The van der Waals surface area contributed by atoms with E-state index >= 15 is 0 Å². The highest BCUT2D eigenvalue weighted by molar-refractivity contribution is 5.23. The summed E-state index contributed by atoms with van der Waals surface area (Å²) in [6.07, 6.45) is 5.77. The van der Waals surface area contributed by atoms with Crippen molar-refractivity contribution in [1.82, 2.24) is 19.7 Å². The van der Waals surface area contributed by atoms with Gasteiger partial charge in [-0.05, 0) is 31.5 Å². The second-order valence-electron chi connectivity index (χ2n) is 5.75. The molecule has 0 bridgehead atoms. The molecule has 2 aromatic rings. The van der Waals surface area contributed by atoms with Crippen LogP contribution < -0.4 is 4.74 Å². The van der Waals surface area contributed by atoms with Crippen LogP contribution in [0.4, 0.5) is 4.39 Å². The lowest BCUT2D eigenvalue weighted by Gasteiger charge is -2.32. The van der Waals surface area contributed by atoms with Gasteiger partial charge in [0.1, 0.15) is 12.7 Å². The molecule has 0 spiro atoms. The van der Waals surface area contributed by atoms with Crippen molar-refractivity contribution in [3.05, 3.63) is 42.7 Å². The van der Waals surface area contributed by atoms with Crippen LogP contribution >= 0.6 is 0 Å². The van der Waals surface area contributed by atoms with Crippen molar-refractivity contribution in [3.63, 3.8) is 0 Å². The third-order valence-electron chi connectivity index (χ3n) is 4.06. The summed E-state index contributed by atoms with van der Waals surface area (Å²) in [6, 6.07) is 6.59. The Labute approximate surface area is 129 Å². The van der Waals surface area contributed by atoms with Gasteiger partial charge >= 0.3 is 0 Å². The highest BCUT2D eigenvalue weighted by Gasteiger charge is 2.20. The number of halogens is 1. The van der Waals surface area contributed by atoms with Crippen LogP contribution in [0.15, 0.2) is 36.9 Å². The molecule has 1 saturated heterocycles. The molecule has 1 fully saturated rings. The number of hydrogen-bond donors (Lipinski definition) is 0. The van der Waals surface area contributed by atoms with E-state index < -0.39 is 0 Å². The Morgan fingerprint density at radius 2 is 2.00 bits per heavy atom. The molecule has 0 aliphatic carbocycles. The third-order valence-corrected chi connectivity index (χ3v) is 4.06. The molecule has 2 heterocycles. The largest absolute Gasteiger partial charge is 0.490 e. The highest BCUT2D eigenvalue weighted by Crippen LogP contribution is 2.20. The molecule has 0 unspecified atom stereocenters. The van der Waals surface area contributed by atoms with E-state index in [-0.39, 0.29) is 5.82 Å². The van der Waals surface area contributed by atoms with Crippen LogP contribution in [0.1, 0.15) is 12.8 Å². The molecule has 1 aromatic heterocycles. The van der Waals surface area contributed by atoms with Gasteiger partial charge in [-0.3, -0.25) is 0 Å². The topological polar surface area (TPSA) is 43.2 Å². The summed E-state index contributed by atoms with van der Waals surface area (Å²) >= 11 is 0. The van der Waals surface area contributed by atoms with Gasteiger partial charge in [-0.2, -0.15) is 0 Å². The number of ether oxygens (including phenoxy) is 1. The fraction of sp³-hybridized carbons (Fsp3) is 0.500. The molecular formula is C16H21FN4O. The maximum Gasteiger partial charge on any atom is 0.165 e. The lowest BCUT2D eigenvalue weighted by Crippen LogP contribution is -2.39. The molecule has 1 atom stereocenters. The van der Waals surface area contributed by atoms with Gasteiger partial charge < -0.3 is 14.2 Å². The van der Waals surface area contributed by atoms with Crippen molar-refractivity contribution in [2.24, 2.45) is 5.92 Å². The van der Waals surface area contributed by atoms with Crippen molar-refractivity contribution in [2.45, 2.75) is 19.4 Å². The van der Waals surface area contributed by atoms with E-state index in [0.717, 1.165) is 39.0 Å². The summed E-state index contributed by atoms with van der Waals surface area (Å²) < 4.78 is 21.2. The standard InChI is InChI=1S/C16H21FN4O/c17-15-5-1-2-6-16(15)22-11-14-4-3-7-20(10-14)8-9-21-12-18-19-13-21/h1-2,5-6,12-14H,3-4,7-11H2/t14-/m0/s1. The van der Waals surface area contributed by atoms with Gasteiger partial charge in [0, 0.05) is 25.6 Å². The number of nitrogens with zero attached hydrogens (tertiary/aromatic N) is 4. The van der Waals surface area contributed by atoms with E-state index in [4.69, 9.17) is 4.74 Å². The zero-order chi connectivity index (χ0) is 15.2. The SMILES string of the molecule is Fc1ccccc1OC[C@H]1CCCN(CCn2cnnc2)C1. The summed E-state index contributed by atoms with van der Waals surface area (Å²) in [5.74, 6) is 0.515. The normalized spacial score (nSPS) is 19.2. The molecule has 118 valence electrons. The Hall–Kier alpha value is -1.95. The van der Waals surface area contributed by atoms with E-state index in [1.807, 2.05) is 4.57 Å². The first-order valence-corrected chi connectivity index (χ1v) is 7.73. The molecule has 1 aromatic carbocycles. The fourth-order valence-electron chi connectivity index (χ4n) is 2.85. The first-order chi connectivity index (χ1) is 10.8. The summed E-state index contributed by atoms with van der Waals surface area (Å²) in [5.41, 5.74) is 0. The average Bonchev–Trinajstić information content (AvgIpc) is 3.06. The summed E-state index contributed by atoms with van der Waals surface area (Å²) in [6.45, 7) is 4.56. The van der Waals surface area contributed by atoms with Crippen LogP contribution in [-0.2, 0) is 6.54 Å². The van der Waals surface area contributed by atoms with Gasteiger partial charge in [0.25, 0.3) is 0 Å². The Kier molecular flexibility index (Phi) is 5.00. The van der Waals surface area contributed by atoms with E-state index in [2.05, 4.69) is 15.1 Å². The second kappa shape index (κ2) is 7.35. The quantitative estimate of drug-likeness (QED) is 0.820. The van der Waals surface area contributed by atoms with E-state index in [0.29, 0.717) is 18.3 Å². The molecule has 22 heavy (non-hydrogen) atoms. The molecule has 0 saturated carbocycles. The Morgan fingerprint density at radius 1 is 1.18 bits per heavy atom. The first-order valence-electron chi connectivity index (χ1n) is 7.73. The number of para-hydroxylation sites is 1. The Balaban J connectivity index is 1.45. The maximum absolute atomic E-state index is 13.5. The number of piperidine rings is 1. The minimum Gasteiger partial charge on any atom is -0.490 e. The molecule has 0 amide bonds. The second-order valence-corrected chi connectivity index (χ2v) is 5.75. The molecule has 1 aliphatic heterocycles. The maximum atomic E-state index is 13.5. The van der Waals surface area contributed by atoms with Gasteiger partial charge in [-0.15, -0.1) is 10.2 Å². The Morgan fingerprint density at radius 3 is 2.82 bits per heavy atom. The van der Waals surface area contributed by atoms with Crippen molar-refractivity contribution < 1.29 is 9.13 Å². The van der Waals surface area contributed by atoms with Crippen LogP contribution in [0.5, 0.6) is 5.75 Å². The van der Waals surface area contributed by atoms with E-state index in [1.165, 1.54) is 6.07 Å². The van der Waals surface area contributed by atoms with Crippen LogP contribution in [0.3, 0.4) is 0 Å². The molecule has 5 nitrogen and oxygen atoms in total. The van der Waals surface area contributed by atoms with Crippen molar-refractivity contribution in [2.75, 3.05) is 26.2 Å². The highest BCUT2D eigenvalue weighted by atomic mass is 19.1. The number of hydrogen-bond acceptors (Lipinski definition) is 4. The predicted octanol–water partition coefficient (Wildman–Crippen LogP) is 2.21.